The number of nitrogens with two attached hydrogens (primary N) is 2. The van der Waals surface area contributed by atoms with Gasteiger partial charge in [-0.05, 0) is 31.4 Å². The largest absolute Gasteiger partial charge is 0.398 e. The summed E-state index contributed by atoms with van der Waals surface area (Å²) >= 11 is 6.80. The molecule has 1 aromatic heterocycles. The van der Waals surface area contributed by atoms with Crippen LogP contribution in [-0.2, 0) is 10.2 Å². The summed E-state index contributed by atoms with van der Waals surface area (Å²) in [4.78, 5) is 29.9. The zero-order valence-corrected chi connectivity index (χ0v) is 17.5. The molecule has 9 heteroatoms. The average molecular weight is 432 g/mol. The summed E-state index contributed by atoms with van der Waals surface area (Å²) in [6.45, 7) is 0.594. The fourth-order valence-electron chi connectivity index (χ4n) is 4.63. The van der Waals surface area contributed by atoms with Gasteiger partial charge in [0.05, 0.1) is 10.6 Å². The molecule has 0 radical (unpaired) electrons. The number of aromatic nitrogens is 1. The average Bonchev–Trinajstić information content (AvgIpc) is 3.28. The quantitative estimate of drug-likeness (QED) is 0.646. The summed E-state index contributed by atoms with van der Waals surface area (Å²) in [6.07, 6.45) is 3.47. The van der Waals surface area contributed by atoms with Gasteiger partial charge in [-0.2, -0.15) is 0 Å². The van der Waals surface area contributed by atoms with E-state index in [2.05, 4.69) is 10.3 Å². The number of hydrogen-bond donors (Lipinski definition) is 3. The summed E-state index contributed by atoms with van der Waals surface area (Å²) in [5.41, 5.74) is 12.2. The molecule has 4 rings (SSSR count). The summed E-state index contributed by atoms with van der Waals surface area (Å²) in [5, 5.41) is 3.62. The van der Waals surface area contributed by atoms with E-state index < -0.39 is 11.7 Å². The number of nitrogens with zero attached hydrogens (tertiary/aromatic N) is 2. The van der Waals surface area contributed by atoms with Crippen molar-refractivity contribution in [3.05, 3.63) is 40.3 Å². The molecule has 5 N–H and O–H groups in total. The number of fused-ring (bicyclic) bond motifs is 2. The first-order chi connectivity index (χ1) is 14.2. The molecule has 30 heavy (non-hydrogen) atoms. The van der Waals surface area contributed by atoms with Gasteiger partial charge in [0.2, 0.25) is 5.91 Å². The summed E-state index contributed by atoms with van der Waals surface area (Å²) in [7, 11) is 3.06. The highest BCUT2D eigenvalue weighted by atomic mass is 35.5. The molecule has 158 valence electrons. The van der Waals surface area contributed by atoms with Crippen molar-refractivity contribution in [1.82, 2.24) is 9.88 Å². The van der Waals surface area contributed by atoms with Gasteiger partial charge in [-0.3, -0.25) is 9.59 Å². The van der Waals surface area contributed by atoms with Crippen LogP contribution in [0.1, 0.15) is 35.2 Å². The molecule has 1 spiro atoms. The zero-order valence-electron chi connectivity index (χ0n) is 16.8. The van der Waals surface area contributed by atoms with Gasteiger partial charge in [-0.15, -0.1) is 0 Å². The Morgan fingerprint density at radius 3 is 2.70 bits per heavy atom. The summed E-state index contributed by atoms with van der Waals surface area (Å²) in [6, 6.07) is 2.99. The molecule has 1 aromatic carbocycles. The van der Waals surface area contributed by atoms with Gasteiger partial charge in [0.25, 0.3) is 5.91 Å². The van der Waals surface area contributed by atoms with Gasteiger partial charge < -0.3 is 21.7 Å². The second-order valence-corrected chi connectivity index (χ2v) is 8.65. The number of nitrogens with one attached hydrogen (secondary N) is 1. The third-order valence-electron chi connectivity index (χ3n) is 6.24. The standard InChI is InChI=1S/C21H23ClFN5O2/c1-28(2)20(30)14-13(24)4-3-11(17(14)23)12-8-26-19-15(16(12)22)21(9-27-19)6-5-10(7-21)18(25)29/h3-4,8,10H,5-7,9,24H2,1-2H3,(H2,25,29)(H,26,27)/t10-,21+/m1/s1. The zero-order chi connectivity index (χ0) is 21.8. The monoisotopic (exact) mass is 431 g/mol. The number of carbonyl (C=O) groups is 2. The van der Waals surface area contributed by atoms with Crippen LogP contribution in [0.4, 0.5) is 15.9 Å². The highest BCUT2D eigenvalue weighted by Crippen LogP contribution is 2.53. The third-order valence-corrected chi connectivity index (χ3v) is 6.63. The van der Waals surface area contributed by atoms with Crippen LogP contribution in [0.5, 0.6) is 0 Å². The SMILES string of the molecule is CN(C)C(=O)c1c(N)ccc(-c2cnc3c(c2Cl)[C@]2(CC[C@@H](C(N)=O)C2)CN3)c1F. The van der Waals surface area contributed by atoms with Crippen LogP contribution >= 0.6 is 11.6 Å². The lowest BCUT2D eigenvalue weighted by Gasteiger charge is -2.25. The van der Waals surface area contributed by atoms with E-state index in [4.69, 9.17) is 23.1 Å². The fraction of sp³-hybridized carbons (Fsp3) is 0.381. The van der Waals surface area contributed by atoms with Crippen LogP contribution in [0.3, 0.4) is 0 Å². The normalized spacial score (nSPS) is 22.1. The Bertz CT molecular complexity index is 1070. The van der Waals surface area contributed by atoms with Crippen molar-refractivity contribution in [2.24, 2.45) is 11.7 Å². The minimum absolute atomic E-state index is 0.0541. The van der Waals surface area contributed by atoms with Gasteiger partial charge in [-0.1, -0.05) is 11.6 Å². The molecule has 2 aromatic rings. The Balaban J connectivity index is 1.85. The van der Waals surface area contributed by atoms with Crippen molar-refractivity contribution >= 4 is 34.9 Å². The number of primary amides is 1. The minimum atomic E-state index is -0.737. The van der Waals surface area contributed by atoms with Crippen molar-refractivity contribution in [2.75, 3.05) is 31.7 Å². The van der Waals surface area contributed by atoms with Crippen LogP contribution in [0.15, 0.2) is 18.3 Å². The molecule has 2 atom stereocenters. The minimum Gasteiger partial charge on any atom is -0.398 e. The Morgan fingerprint density at radius 2 is 2.07 bits per heavy atom. The first kappa shape index (κ1) is 20.4. The number of halogens is 2. The molecule has 1 fully saturated rings. The number of amides is 2. The molecule has 1 aliphatic carbocycles. The maximum atomic E-state index is 15.4. The first-order valence-electron chi connectivity index (χ1n) is 9.68. The maximum absolute atomic E-state index is 15.4. The Kier molecular flexibility index (Phi) is 4.85. The van der Waals surface area contributed by atoms with E-state index >= 15 is 4.39 Å². The van der Waals surface area contributed by atoms with Gasteiger partial charge in [0.1, 0.15) is 11.6 Å². The van der Waals surface area contributed by atoms with E-state index in [0.29, 0.717) is 35.8 Å². The number of carbonyl (C=O) groups excluding carboxylic acids is 2. The predicted octanol–water partition coefficient (Wildman–Crippen LogP) is 2.77. The summed E-state index contributed by atoms with van der Waals surface area (Å²) < 4.78 is 15.4. The van der Waals surface area contributed by atoms with E-state index in [9.17, 15) is 9.59 Å². The molecule has 2 aliphatic rings. The van der Waals surface area contributed by atoms with Gasteiger partial charge in [-0.25, -0.2) is 9.37 Å². The maximum Gasteiger partial charge on any atom is 0.258 e. The smallest absolute Gasteiger partial charge is 0.258 e. The Hall–Kier alpha value is -2.87. The van der Waals surface area contributed by atoms with Crippen molar-refractivity contribution < 1.29 is 14.0 Å². The van der Waals surface area contributed by atoms with Crippen LogP contribution in [0.2, 0.25) is 5.02 Å². The highest BCUT2D eigenvalue weighted by Gasteiger charge is 2.48. The van der Waals surface area contributed by atoms with E-state index in [-0.39, 0.29) is 34.1 Å². The highest BCUT2D eigenvalue weighted by molar-refractivity contribution is 6.34. The van der Waals surface area contributed by atoms with Crippen LogP contribution in [-0.4, -0.2) is 42.3 Å². The molecule has 2 amide bonds. The number of pyridine rings is 1. The molecular formula is C21H23ClFN5O2. The number of benzene rings is 1. The van der Waals surface area contributed by atoms with Gasteiger partial charge >= 0.3 is 0 Å². The second kappa shape index (κ2) is 7.12. The molecular weight excluding hydrogens is 409 g/mol. The van der Waals surface area contributed by atoms with E-state index in [1.165, 1.54) is 37.3 Å². The van der Waals surface area contributed by atoms with Crippen molar-refractivity contribution in [2.45, 2.75) is 24.7 Å². The third kappa shape index (κ3) is 2.98. The lowest BCUT2D eigenvalue weighted by atomic mass is 9.79. The molecule has 0 saturated heterocycles. The van der Waals surface area contributed by atoms with E-state index in [1.807, 2.05) is 0 Å². The van der Waals surface area contributed by atoms with Crippen LogP contribution in [0.25, 0.3) is 11.1 Å². The number of nitrogen functional groups attached to an aromatic ring is 1. The topological polar surface area (TPSA) is 114 Å². The lowest BCUT2D eigenvalue weighted by Crippen LogP contribution is -2.28. The van der Waals surface area contributed by atoms with Gasteiger partial charge in [0, 0.05) is 60.5 Å². The molecule has 2 heterocycles. The predicted molar refractivity (Wildman–Crippen MR) is 114 cm³/mol. The van der Waals surface area contributed by atoms with Crippen LogP contribution in [0, 0.1) is 11.7 Å². The van der Waals surface area contributed by atoms with E-state index in [0.717, 1.165) is 12.0 Å². The second-order valence-electron chi connectivity index (χ2n) is 8.28. The summed E-state index contributed by atoms with van der Waals surface area (Å²) in [5.74, 6) is -1.18. The van der Waals surface area contributed by atoms with Gasteiger partial charge in [0.15, 0.2) is 0 Å². The molecule has 1 saturated carbocycles. The first-order valence-corrected chi connectivity index (χ1v) is 10.1. The van der Waals surface area contributed by atoms with Crippen molar-refractivity contribution in [1.29, 1.82) is 0 Å². The van der Waals surface area contributed by atoms with Crippen LogP contribution < -0.4 is 16.8 Å². The Morgan fingerprint density at radius 1 is 1.33 bits per heavy atom. The number of hydrogen-bond acceptors (Lipinski definition) is 5. The Labute approximate surface area is 178 Å². The molecule has 7 nitrogen and oxygen atoms in total. The number of anilines is 2. The van der Waals surface area contributed by atoms with Crippen molar-refractivity contribution in [3.63, 3.8) is 0 Å². The molecule has 0 unspecified atom stereocenters. The molecule has 0 bridgehead atoms. The number of rotatable bonds is 3. The lowest BCUT2D eigenvalue weighted by molar-refractivity contribution is -0.121. The van der Waals surface area contributed by atoms with E-state index in [1.54, 1.807) is 0 Å². The fourth-order valence-corrected chi connectivity index (χ4v) is 5.07. The van der Waals surface area contributed by atoms with Crippen molar-refractivity contribution in [3.8, 4) is 11.1 Å². The molecule has 1 aliphatic heterocycles.